The van der Waals surface area contributed by atoms with Crippen LogP contribution in [0.15, 0.2) is 24.5 Å². The molecule has 110 valence electrons. The highest BCUT2D eigenvalue weighted by Gasteiger charge is 2.17. The maximum absolute atomic E-state index is 12.0. The summed E-state index contributed by atoms with van der Waals surface area (Å²) in [6.45, 7) is 1.38. The van der Waals surface area contributed by atoms with Gasteiger partial charge in [-0.3, -0.25) is 9.59 Å². The lowest BCUT2D eigenvalue weighted by Gasteiger charge is -2.12. The Kier molecular flexibility index (Phi) is 4.12. The summed E-state index contributed by atoms with van der Waals surface area (Å²) in [5.41, 5.74) is 0.743. The fourth-order valence-corrected chi connectivity index (χ4v) is 1.62. The number of rotatable bonds is 5. The van der Waals surface area contributed by atoms with Crippen molar-refractivity contribution in [3.63, 3.8) is 0 Å². The van der Waals surface area contributed by atoms with Crippen LogP contribution in [0.4, 0.5) is 0 Å². The molecule has 2 aromatic rings. The number of ether oxygens (including phenoxy) is 1. The molecule has 0 aliphatic rings. The summed E-state index contributed by atoms with van der Waals surface area (Å²) in [6.07, 6.45) is 1.36. The number of amides is 1. The Hall–Kier alpha value is -2.97. The third-order valence-electron chi connectivity index (χ3n) is 2.75. The lowest BCUT2D eigenvalue weighted by molar-refractivity contribution is -0.138. The average Bonchev–Trinajstić information content (AvgIpc) is 3.00. The Morgan fingerprint density at radius 2 is 2.19 bits per heavy atom. The summed E-state index contributed by atoms with van der Waals surface area (Å²) >= 11 is 0. The Labute approximate surface area is 119 Å². The third-order valence-corrected chi connectivity index (χ3v) is 2.75. The highest BCUT2D eigenvalue weighted by Crippen LogP contribution is 2.23. The highest BCUT2D eigenvalue weighted by atomic mass is 16.5. The molecular formula is C12H13N5O4. The summed E-state index contributed by atoms with van der Waals surface area (Å²) in [5, 5.41) is 21.9. The van der Waals surface area contributed by atoms with E-state index in [9.17, 15) is 9.59 Å². The SMILES string of the molecule is COc1ccc(C(=O)N[C@@H](C)C(=O)O)cc1-n1cnnn1. The van der Waals surface area contributed by atoms with Crippen molar-refractivity contribution in [2.24, 2.45) is 0 Å². The molecule has 0 saturated carbocycles. The van der Waals surface area contributed by atoms with Gasteiger partial charge in [-0.15, -0.1) is 5.10 Å². The number of hydrogen-bond donors (Lipinski definition) is 2. The van der Waals surface area contributed by atoms with Gasteiger partial charge >= 0.3 is 5.97 Å². The number of aliphatic carboxylic acids is 1. The average molecular weight is 291 g/mol. The van der Waals surface area contributed by atoms with Crippen molar-refractivity contribution in [1.82, 2.24) is 25.5 Å². The first-order chi connectivity index (χ1) is 10.0. The van der Waals surface area contributed by atoms with E-state index in [1.165, 1.54) is 37.2 Å². The quantitative estimate of drug-likeness (QED) is 0.787. The number of hydrogen-bond acceptors (Lipinski definition) is 6. The standard InChI is InChI=1S/C12H13N5O4/c1-7(12(19)20)14-11(18)8-3-4-10(21-2)9(5-8)17-6-13-15-16-17/h3-7H,1-2H3,(H,14,18)(H,19,20)/t7-/m0/s1. The molecule has 0 saturated heterocycles. The number of carbonyl (C=O) groups is 2. The topological polar surface area (TPSA) is 119 Å². The zero-order chi connectivity index (χ0) is 15.4. The van der Waals surface area contributed by atoms with Gasteiger partial charge in [-0.05, 0) is 35.5 Å². The molecule has 2 rings (SSSR count). The van der Waals surface area contributed by atoms with Gasteiger partial charge in [-0.2, -0.15) is 4.68 Å². The van der Waals surface area contributed by atoms with Crippen molar-refractivity contribution in [3.05, 3.63) is 30.1 Å². The molecule has 0 bridgehead atoms. The summed E-state index contributed by atoms with van der Waals surface area (Å²) in [5.74, 6) is -1.15. The molecule has 0 aliphatic heterocycles. The molecule has 0 aliphatic carbocycles. The van der Waals surface area contributed by atoms with E-state index in [-0.39, 0.29) is 5.56 Å². The Morgan fingerprint density at radius 3 is 2.76 bits per heavy atom. The van der Waals surface area contributed by atoms with Crippen molar-refractivity contribution in [2.45, 2.75) is 13.0 Å². The van der Waals surface area contributed by atoms with Crippen molar-refractivity contribution in [3.8, 4) is 11.4 Å². The second kappa shape index (κ2) is 5.99. The van der Waals surface area contributed by atoms with Gasteiger partial charge in [0.2, 0.25) is 0 Å². The van der Waals surface area contributed by atoms with Gasteiger partial charge in [0.1, 0.15) is 23.8 Å². The van der Waals surface area contributed by atoms with Crippen molar-refractivity contribution in [1.29, 1.82) is 0 Å². The minimum Gasteiger partial charge on any atom is -0.494 e. The number of carbonyl (C=O) groups excluding carboxylic acids is 1. The second-order valence-electron chi connectivity index (χ2n) is 4.17. The molecule has 9 heteroatoms. The Bertz CT molecular complexity index is 656. The lowest BCUT2D eigenvalue weighted by atomic mass is 10.1. The summed E-state index contributed by atoms with van der Waals surface area (Å²) in [7, 11) is 1.48. The number of nitrogens with zero attached hydrogens (tertiary/aromatic N) is 4. The molecular weight excluding hydrogens is 278 g/mol. The molecule has 1 amide bonds. The molecule has 0 radical (unpaired) electrons. The number of tetrazole rings is 1. The number of benzene rings is 1. The largest absolute Gasteiger partial charge is 0.494 e. The van der Waals surface area contributed by atoms with E-state index >= 15 is 0 Å². The predicted molar refractivity (Wildman–Crippen MR) is 70.3 cm³/mol. The van der Waals surface area contributed by atoms with Crippen LogP contribution < -0.4 is 10.1 Å². The Balaban J connectivity index is 2.32. The minimum atomic E-state index is -1.11. The molecule has 0 unspecified atom stereocenters. The van der Waals surface area contributed by atoms with Gasteiger partial charge in [-0.25, -0.2) is 0 Å². The number of aromatic nitrogens is 4. The van der Waals surface area contributed by atoms with Gasteiger partial charge in [0.05, 0.1) is 7.11 Å². The molecule has 21 heavy (non-hydrogen) atoms. The van der Waals surface area contributed by atoms with Crippen LogP contribution in [0.1, 0.15) is 17.3 Å². The van der Waals surface area contributed by atoms with Crippen molar-refractivity contribution in [2.75, 3.05) is 7.11 Å². The van der Waals surface area contributed by atoms with Gasteiger partial charge in [0.15, 0.2) is 0 Å². The Morgan fingerprint density at radius 1 is 1.43 bits per heavy atom. The second-order valence-corrected chi connectivity index (χ2v) is 4.17. The van der Waals surface area contributed by atoms with Crippen LogP contribution in [0.5, 0.6) is 5.75 Å². The van der Waals surface area contributed by atoms with Crippen LogP contribution in [0.25, 0.3) is 5.69 Å². The van der Waals surface area contributed by atoms with Crippen LogP contribution in [0, 0.1) is 0 Å². The van der Waals surface area contributed by atoms with Gasteiger partial charge in [-0.1, -0.05) is 0 Å². The lowest BCUT2D eigenvalue weighted by Crippen LogP contribution is -2.38. The molecule has 0 spiro atoms. The molecule has 0 fully saturated rings. The molecule has 1 atom stereocenters. The first-order valence-electron chi connectivity index (χ1n) is 5.98. The summed E-state index contributed by atoms with van der Waals surface area (Å²) in [6, 6.07) is 3.63. The van der Waals surface area contributed by atoms with E-state index in [2.05, 4.69) is 20.8 Å². The highest BCUT2D eigenvalue weighted by molar-refractivity contribution is 5.97. The molecule has 1 aromatic heterocycles. The van der Waals surface area contributed by atoms with E-state index in [0.29, 0.717) is 11.4 Å². The van der Waals surface area contributed by atoms with Crippen molar-refractivity contribution < 1.29 is 19.4 Å². The molecule has 9 nitrogen and oxygen atoms in total. The van der Waals surface area contributed by atoms with Crippen LogP contribution in [-0.4, -0.2) is 50.3 Å². The maximum Gasteiger partial charge on any atom is 0.325 e. The number of carboxylic acids is 1. The van der Waals surface area contributed by atoms with E-state index in [1.54, 1.807) is 6.07 Å². The van der Waals surface area contributed by atoms with Crippen LogP contribution in [0.3, 0.4) is 0 Å². The number of methoxy groups -OCH3 is 1. The smallest absolute Gasteiger partial charge is 0.325 e. The number of carboxylic acid groups (broad SMARTS) is 1. The maximum atomic E-state index is 12.0. The minimum absolute atomic E-state index is 0.273. The summed E-state index contributed by atoms with van der Waals surface area (Å²) < 4.78 is 6.52. The molecule has 1 heterocycles. The van der Waals surface area contributed by atoms with E-state index in [1.807, 2.05) is 0 Å². The zero-order valence-electron chi connectivity index (χ0n) is 11.3. The van der Waals surface area contributed by atoms with Gasteiger partial charge in [0, 0.05) is 5.56 Å². The van der Waals surface area contributed by atoms with Crippen LogP contribution in [-0.2, 0) is 4.79 Å². The van der Waals surface area contributed by atoms with Crippen LogP contribution >= 0.6 is 0 Å². The van der Waals surface area contributed by atoms with Crippen LogP contribution in [0.2, 0.25) is 0 Å². The monoisotopic (exact) mass is 291 g/mol. The first-order valence-corrected chi connectivity index (χ1v) is 5.98. The first kappa shape index (κ1) is 14.4. The van der Waals surface area contributed by atoms with Gasteiger partial charge < -0.3 is 15.2 Å². The summed E-state index contributed by atoms with van der Waals surface area (Å²) in [4.78, 5) is 22.8. The molecule has 1 aromatic carbocycles. The van der Waals surface area contributed by atoms with E-state index < -0.39 is 17.9 Å². The predicted octanol–water partition coefficient (Wildman–Crippen LogP) is -0.126. The van der Waals surface area contributed by atoms with Gasteiger partial charge in [0.25, 0.3) is 5.91 Å². The fourth-order valence-electron chi connectivity index (χ4n) is 1.62. The van der Waals surface area contributed by atoms with E-state index in [0.717, 1.165) is 0 Å². The third kappa shape index (κ3) is 3.14. The fraction of sp³-hybridized carbons (Fsp3) is 0.250. The van der Waals surface area contributed by atoms with E-state index in [4.69, 9.17) is 9.84 Å². The molecule has 2 N–H and O–H groups in total. The zero-order valence-corrected chi connectivity index (χ0v) is 11.3. The normalized spacial score (nSPS) is 11.7. The number of nitrogens with one attached hydrogen (secondary N) is 1. The van der Waals surface area contributed by atoms with Crippen molar-refractivity contribution >= 4 is 11.9 Å².